The Morgan fingerprint density at radius 3 is 2.00 bits per heavy atom. The maximum atomic E-state index is 12.4. The predicted molar refractivity (Wildman–Crippen MR) is 112 cm³/mol. The molecule has 3 rings (SSSR count). The number of methoxy groups -OCH3 is 1. The normalized spacial score (nSPS) is 11.9. The average Bonchev–Trinajstić information content (AvgIpc) is 2.75. The topological polar surface area (TPSA) is 111 Å². The number of benzene rings is 3. The first-order chi connectivity index (χ1) is 14.3. The van der Waals surface area contributed by atoms with Gasteiger partial charge in [0.2, 0.25) is 0 Å². The summed E-state index contributed by atoms with van der Waals surface area (Å²) < 4.78 is 59.5. The summed E-state index contributed by atoms with van der Waals surface area (Å²) in [4.78, 5) is 2.20. The third-order valence-corrected chi connectivity index (χ3v) is 6.35. The molecule has 1 N–H and O–H groups in total. The Bertz CT molecular complexity index is 1240. The highest BCUT2D eigenvalue weighted by atomic mass is 32.2. The molecule has 0 aliphatic carbocycles. The minimum Gasteiger partial charge on any atom is -0.493 e. The summed E-state index contributed by atoms with van der Waals surface area (Å²) >= 11 is 0. The van der Waals surface area contributed by atoms with Crippen LogP contribution in [0.2, 0.25) is 0 Å². The average molecular weight is 447 g/mol. The molecule has 0 saturated heterocycles. The highest BCUT2D eigenvalue weighted by molar-refractivity contribution is 7.89. The Morgan fingerprint density at radius 2 is 1.40 bits per heavy atom. The SMILES string of the molecule is COc1cc(/C=N\NS(=O)(=O)c2ccccc2)ccc1OS(=O)(=O)c1ccccc1. The number of sulfonamides is 1. The first-order valence-corrected chi connectivity index (χ1v) is 11.5. The molecule has 0 atom stereocenters. The van der Waals surface area contributed by atoms with E-state index >= 15 is 0 Å². The number of hydrogen-bond donors (Lipinski definition) is 1. The van der Waals surface area contributed by atoms with Gasteiger partial charge in [-0.05, 0) is 48.0 Å². The summed E-state index contributed by atoms with van der Waals surface area (Å²) in [5.74, 6) is 0.132. The molecule has 0 aromatic heterocycles. The van der Waals surface area contributed by atoms with Crippen molar-refractivity contribution in [1.29, 1.82) is 0 Å². The number of hydrogen-bond acceptors (Lipinski definition) is 7. The lowest BCUT2D eigenvalue weighted by Crippen LogP contribution is -2.18. The van der Waals surface area contributed by atoms with Crippen LogP contribution in [-0.2, 0) is 20.1 Å². The molecule has 10 heteroatoms. The van der Waals surface area contributed by atoms with E-state index < -0.39 is 20.1 Å². The van der Waals surface area contributed by atoms with Gasteiger partial charge >= 0.3 is 10.1 Å². The van der Waals surface area contributed by atoms with Crippen LogP contribution in [0.1, 0.15) is 5.56 Å². The van der Waals surface area contributed by atoms with Gasteiger partial charge in [-0.15, -0.1) is 0 Å². The Labute approximate surface area is 175 Å². The molecule has 0 amide bonds. The Kier molecular flexibility index (Phi) is 6.38. The van der Waals surface area contributed by atoms with Crippen molar-refractivity contribution in [2.45, 2.75) is 9.79 Å². The van der Waals surface area contributed by atoms with Gasteiger partial charge in [0.05, 0.1) is 18.2 Å². The minimum absolute atomic E-state index is 0.00742. The van der Waals surface area contributed by atoms with Gasteiger partial charge in [0.25, 0.3) is 10.0 Å². The largest absolute Gasteiger partial charge is 0.493 e. The second-order valence-electron chi connectivity index (χ2n) is 5.93. The first kappa shape index (κ1) is 21.3. The van der Waals surface area contributed by atoms with Crippen molar-refractivity contribution in [2.75, 3.05) is 7.11 Å². The zero-order chi connectivity index (χ0) is 21.6. The summed E-state index contributed by atoms with van der Waals surface area (Å²) in [6, 6.07) is 19.9. The molecule has 0 bridgehead atoms. The molecule has 0 fully saturated rings. The lowest BCUT2D eigenvalue weighted by molar-refractivity contribution is 0.390. The zero-order valence-electron chi connectivity index (χ0n) is 15.8. The fourth-order valence-electron chi connectivity index (χ4n) is 2.41. The van der Waals surface area contributed by atoms with Crippen LogP contribution in [0.25, 0.3) is 0 Å². The van der Waals surface area contributed by atoms with Crippen LogP contribution < -0.4 is 13.8 Å². The predicted octanol–water partition coefficient (Wildman–Crippen LogP) is 2.78. The van der Waals surface area contributed by atoms with E-state index in [-0.39, 0.29) is 21.3 Å². The van der Waals surface area contributed by atoms with E-state index in [1.54, 1.807) is 36.4 Å². The summed E-state index contributed by atoms with van der Waals surface area (Å²) in [5, 5.41) is 3.74. The van der Waals surface area contributed by atoms with Crippen molar-refractivity contribution < 1.29 is 25.8 Å². The molecule has 0 aliphatic heterocycles. The smallest absolute Gasteiger partial charge is 0.339 e. The van der Waals surface area contributed by atoms with Crippen LogP contribution in [0.4, 0.5) is 0 Å². The van der Waals surface area contributed by atoms with Crippen LogP contribution in [-0.4, -0.2) is 30.2 Å². The molecule has 0 spiro atoms. The standard InChI is InChI=1S/C20H18N2O6S2/c1-27-20-14-16(15-21-22-29(23,24)17-8-4-2-5-9-17)12-13-19(20)28-30(25,26)18-10-6-3-7-11-18/h2-15,22H,1H3/b21-15-. The molecule has 30 heavy (non-hydrogen) atoms. The van der Waals surface area contributed by atoms with Gasteiger partial charge in [-0.2, -0.15) is 21.9 Å². The summed E-state index contributed by atoms with van der Waals surface area (Å²) in [5.41, 5.74) is 0.465. The number of rotatable bonds is 8. The zero-order valence-corrected chi connectivity index (χ0v) is 17.4. The van der Waals surface area contributed by atoms with Crippen molar-refractivity contribution in [3.05, 3.63) is 84.4 Å². The lowest BCUT2D eigenvalue weighted by atomic mass is 10.2. The molecule has 0 heterocycles. The van der Waals surface area contributed by atoms with E-state index in [0.717, 1.165) is 0 Å². The third-order valence-electron chi connectivity index (χ3n) is 3.86. The maximum Gasteiger partial charge on any atom is 0.339 e. The molecule has 3 aromatic carbocycles. The first-order valence-electron chi connectivity index (χ1n) is 8.59. The van der Waals surface area contributed by atoms with Gasteiger partial charge in [-0.1, -0.05) is 36.4 Å². The third kappa shape index (κ3) is 5.16. The number of nitrogens with zero attached hydrogens (tertiary/aromatic N) is 1. The minimum atomic E-state index is -4.03. The fourth-order valence-corrected chi connectivity index (χ4v) is 4.18. The molecule has 0 radical (unpaired) electrons. The molecule has 0 aliphatic rings. The van der Waals surface area contributed by atoms with Gasteiger partial charge in [-0.25, -0.2) is 4.83 Å². The quantitative estimate of drug-likeness (QED) is 0.324. The highest BCUT2D eigenvalue weighted by Crippen LogP contribution is 2.30. The van der Waals surface area contributed by atoms with Crippen LogP contribution >= 0.6 is 0 Å². The molecule has 0 unspecified atom stereocenters. The van der Waals surface area contributed by atoms with E-state index in [4.69, 9.17) is 8.92 Å². The molecule has 8 nitrogen and oxygen atoms in total. The van der Waals surface area contributed by atoms with Crippen molar-refractivity contribution in [3.63, 3.8) is 0 Å². The lowest BCUT2D eigenvalue weighted by Gasteiger charge is -2.11. The Hall–Kier alpha value is -3.37. The van der Waals surface area contributed by atoms with Gasteiger partial charge in [0.1, 0.15) is 4.90 Å². The maximum absolute atomic E-state index is 12.4. The summed E-state index contributed by atoms with van der Waals surface area (Å²) in [6.07, 6.45) is 1.26. The highest BCUT2D eigenvalue weighted by Gasteiger charge is 2.19. The number of nitrogens with one attached hydrogen (secondary N) is 1. The van der Waals surface area contributed by atoms with Crippen molar-refractivity contribution in [3.8, 4) is 11.5 Å². The van der Waals surface area contributed by atoms with Crippen LogP contribution in [0.3, 0.4) is 0 Å². The van der Waals surface area contributed by atoms with Crippen LogP contribution in [0.15, 0.2) is 93.8 Å². The molecular formula is C20H18N2O6S2. The van der Waals surface area contributed by atoms with Gasteiger partial charge < -0.3 is 8.92 Å². The van der Waals surface area contributed by atoms with Crippen molar-refractivity contribution >= 4 is 26.4 Å². The van der Waals surface area contributed by atoms with Crippen LogP contribution in [0, 0.1) is 0 Å². The van der Waals surface area contributed by atoms with Crippen molar-refractivity contribution in [2.24, 2.45) is 5.10 Å². The summed E-state index contributed by atoms with van der Waals surface area (Å²) in [6.45, 7) is 0. The van der Waals surface area contributed by atoms with Crippen LogP contribution in [0.5, 0.6) is 11.5 Å². The van der Waals surface area contributed by atoms with E-state index in [2.05, 4.69) is 9.93 Å². The van der Waals surface area contributed by atoms with E-state index in [0.29, 0.717) is 5.56 Å². The van der Waals surface area contributed by atoms with E-state index in [1.165, 1.54) is 55.8 Å². The monoisotopic (exact) mass is 446 g/mol. The molecule has 0 saturated carbocycles. The molecular weight excluding hydrogens is 428 g/mol. The summed E-state index contributed by atoms with van der Waals surface area (Å²) in [7, 11) is -6.47. The fraction of sp³-hybridized carbons (Fsp3) is 0.0500. The van der Waals surface area contributed by atoms with E-state index in [9.17, 15) is 16.8 Å². The van der Waals surface area contributed by atoms with Gasteiger partial charge in [0.15, 0.2) is 11.5 Å². The Balaban J connectivity index is 1.77. The second-order valence-corrected chi connectivity index (χ2v) is 9.13. The van der Waals surface area contributed by atoms with Gasteiger partial charge in [-0.3, -0.25) is 0 Å². The number of hydrazone groups is 1. The molecule has 3 aromatic rings. The second kappa shape index (κ2) is 8.97. The van der Waals surface area contributed by atoms with E-state index in [1.807, 2.05) is 0 Å². The van der Waals surface area contributed by atoms with Gasteiger partial charge in [0, 0.05) is 0 Å². The molecule has 156 valence electrons. The Morgan fingerprint density at radius 1 is 0.800 bits per heavy atom. The van der Waals surface area contributed by atoms with Crippen molar-refractivity contribution in [1.82, 2.24) is 4.83 Å². The number of ether oxygens (including phenoxy) is 1.